The number of ether oxygens (including phenoxy) is 1. The molecule has 2 rings (SSSR count). The monoisotopic (exact) mass is 428 g/mol. The van der Waals surface area contributed by atoms with Gasteiger partial charge in [-0.3, -0.25) is 4.79 Å². The van der Waals surface area contributed by atoms with Gasteiger partial charge in [-0.2, -0.15) is 13.2 Å². The summed E-state index contributed by atoms with van der Waals surface area (Å²) in [4.78, 5) is 12.2. The molecule has 0 bridgehead atoms. The summed E-state index contributed by atoms with van der Waals surface area (Å²) in [6, 6.07) is 10.6. The average molecular weight is 428 g/mol. The first-order chi connectivity index (χ1) is 13.5. The number of anilines is 1. The first kappa shape index (κ1) is 22.4. The second-order valence-corrected chi connectivity index (χ2v) is 8.21. The van der Waals surface area contributed by atoms with E-state index in [1.54, 1.807) is 6.07 Å². The molecular weight excluding hydrogens is 409 g/mol. The molecule has 0 fully saturated rings. The molecule has 2 aromatic carbocycles. The molecule has 156 valence electrons. The molecule has 1 amide bonds. The molecule has 0 unspecified atom stereocenters. The Kier molecular flexibility index (Phi) is 6.70. The summed E-state index contributed by atoms with van der Waals surface area (Å²) in [5, 5.41) is 2.26. The highest BCUT2D eigenvalue weighted by Crippen LogP contribution is 2.34. The van der Waals surface area contributed by atoms with E-state index in [4.69, 9.17) is 4.74 Å². The number of allylic oxidation sites excluding steroid dienone is 1. The van der Waals surface area contributed by atoms with Gasteiger partial charge in [0.05, 0.1) is 23.3 Å². The number of hydrogen-bond acceptors (Lipinski definition) is 4. The molecule has 6 nitrogen and oxygen atoms in total. The highest BCUT2D eigenvalue weighted by molar-refractivity contribution is 7.89. The van der Waals surface area contributed by atoms with Gasteiger partial charge < -0.3 is 10.1 Å². The number of halogens is 3. The maximum Gasteiger partial charge on any atom is 0.417 e. The Morgan fingerprint density at radius 2 is 1.72 bits per heavy atom. The Bertz CT molecular complexity index is 1020. The summed E-state index contributed by atoms with van der Waals surface area (Å²) < 4.78 is 70.8. The molecule has 29 heavy (non-hydrogen) atoms. The molecule has 0 aliphatic heterocycles. The van der Waals surface area contributed by atoms with Crippen molar-refractivity contribution >= 4 is 27.2 Å². The zero-order chi connectivity index (χ0) is 21.8. The molecule has 0 heterocycles. The molecule has 0 radical (unpaired) electrons. The van der Waals surface area contributed by atoms with Crippen LogP contribution in [0.4, 0.5) is 18.9 Å². The second kappa shape index (κ2) is 8.66. The first-order valence-corrected chi connectivity index (χ1v) is 9.66. The van der Waals surface area contributed by atoms with Gasteiger partial charge in [0.25, 0.3) is 0 Å². The van der Waals surface area contributed by atoms with Crippen molar-refractivity contribution in [2.45, 2.75) is 11.1 Å². The molecule has 0 aliphatic carbocycles. The third kappa shape index (κ3) is 5.36. The van der Waals surface area contributed by atoms with Crippen LogP contribution in [-0.2, 0) is 14.8 Å². The lowest BCUT2D eigenvalue weighted by Gasteiger charge is -2.15. The predicted octanol–water partition coefficient (Wildman–Crippen LogP) is 3.53. The van der Waals surface area contributed by atoms with Gasteiger partial charge in [-0.1, -0.05) is 30.3 Å². The van der Waals surface area contributed by atoms with Crippen molar-refractivity contribution in [3.63, 3.8) is 0 Å². The molecule has 0 spiro atoms. The van der Waals surface area contributed by atoms with E-state index in [1.807, 2.05) is 0 Å². The van der Waals surface area contributed by atoms with Crippen LogP contribution in [0.1, 0.15) is 5.56 Å². The van der Waals surface area contributed by atoms with Crippen LogP contribution in [0.2, 0.25) is 0 Å². The Morgan fingerprint density at radius 3 is 2.24 bits per heavy atom. The molecule has 0 saturated heterocycles. The van der Waals surface area contributed by atoms with E-state index in [1.165, 1.54) is 57.6 Å². The van der Waals surface area contributed by atoms with E-state index < -0.39 is 27.7 Å². The number of sulfonamides is 1. The van der Waals surface area contributed by atoms with Gasteiger partial charge in [-0.25, -0.2) is 12.7 Å². The Morgan fingerprint density at radius 1 is 1.10 bits per heavy atom. The van der Waals surface area contributed by atoms with Crippen LogP contribution in [0.25, 0.3) is 5.57 Å². The van der Waals surface area contributed by atoms with Gasteiger partial charge >= 0.3 is 6.18 Å². The Hall–Kier alpha value is -2.85. The second-order valence-electron chi connectivity index (χ2n) is 6.06. The van der Waals surface area contributed by atoms with Crippen molar-refractivity contribution < 1.29 is 31.1 Å². The number of alkyl halides is 3. The largest absolute Gasteiger partial charge is 0.495 e. The summed E-state index contributed by atoms with van der Waals surface area (Å²) in [7, 11) is 0.124. The van der Waals surface area contributed by atoms with Gasteiger partial charge in [0.2, 0.25) is 15.9 Å². The highest BCUT2D eigenvalue weighted by Gasteiger charge is 2.35. The first-order valence-electron chi connectivity index (χ1n) is 8.22. The third-order valence-electron chi connectivity index (χ3n) is 3.87. The van der Waals surface area contributed by atoms with Gasteiger partial charge in [0.1, 0.15) is 5.75 Å². The third-order valence-corrected chi connectivity index (χ3v) is 5.68. The predicted molar refractivity (Wildman–Crippen MR) is 103 cm³/mol. The number of carbonyl (C=O) groups excluding carboxylic acids is 1. The lowest BCUT2D eigenvalue weighted by Crippen LogP contribution is -2.22. The van der Waals surface area contributed by atoms with Crippen LogP contribution in [0.15, 0.2) is 59.5 Å². The van der Waals surface area contributed by atoms with Crippen LogP contribution in [0.5, 0.6) is 5.75 Å². The zero-order valence-corrected chi connectivity index (χ0v) is 16.6. The van der Waals surface area contributed by atoms with Crippen molar-refractivity contribution in [1.29, 1.82) is 0 Å². The van der Waals surface area contributed by atoms with Crippen molar-refractivity contribution in [2.24, 2.45) is 0 Å². The van der Waals surface area contributed by atoms with E-state index in [-0.39, 0.29) is 21.9 Å². The van der Waals surface area contributed by atoms with Crippen molar-refractivity contribution in [3.05, 3.63) is 60.2 Å². The fraction of sp³-hybridized carbons (Fsp3) is 0.211. The number of amides is 1. The van der Waals surface area contributed by atoms with Gasteiger partial charge in [-0.15, -0.1) is 0 Å². The molecule has 1 N–H and O–H groups in total. The molecule has 0 saturated carbocycles. The summed E-state index contributed by atoms with van der Waals surface area (Å²) in [5.74, 6) is -0.989. The van der Waals surface area contributed by atoms with Crippen molar-refractivity contribution in [1.82, 2.24) is 4.31 Å². The Labute approximate surface area is 166 Å². The summed E-state index contributed by atoms with van der Waals surface area (Å²) in [6.45, 7) is 0. The number of nitrogens with zero attached hydrogens (tertiary/aromatic N) is 1. The number of hydrogen-bond donors (Lipinski definition) is 1. The van der Waals surface area contributed by atoms with Crippen LogP contribution < -0.4 is 10.1 Å². The minimum atomic E-state index is -4.76. The van der Waals surface area contributed by atoms with E-state index >= 15 is 0 Å². The van der Waals surface area contributed by atoms with Gasteiger partial charge in [0.15, 0.2) is 0 Å². The summed E-state index contributed by atoms with van der Waals surface area (Å²) >= 11 is 0. The van der Waals surface area contributed by atoms with E-state index in [9.17, 15) is 26.4 Å². The molecule has 0 aliphatic rings. The molecule has 2 aromatic rings. The lowest BCUT2D eigenvalue weighted by atomic mass is 10.1. The lowest BCUT2D eigenvalue weighted by molar-refractivity contribution is -0.112. The molecule has 0 aromatic heterocycles. The fourth-order valence-electron chi connectivity index (χ4n) is 2.40. The van der Waals surface area contributed by atoms with Crippen molar-refractivity contribution in [3.8, 4) is 5.75 Å². The quantitative estimate of drug-likeness (QED) is 0.715. The zero-order valence-electron chi connectivity index (χ0n) is 15.8. The standard InChI is InChI=1S/C19H19F3N2O4S/c1-24(2)29(26,27)14-9-10-17(28-3)16(11-14)23-18(25)12-15(19(20,21)22)13-7-5-4-6-8-13/h4-12H,1-3H3,(H,23,25)/b15-12-. The van der Waals surface area contributed by atoms with Crippen molar-refractivity contribution in [2.75, 3.05) is 26.5 Å². The van der Waals surface area contributed by atoms with Gasteiger partial charge in [0, 0.05) is 20.2 Å². The van der Waals surface area contributed by atoms with Crippen LogP contribution in [0, 0.1) is 0 Å². The number of rotatable bonds is 6. The minimum absolute atomic E-state index is 0.0775. The minimum Gasteiger partial charge on any atom is -0.495 e. The number of carbonyl (C=O) groups is 1. The normalized spacial score (nSPS) is 12.7. The van der Waals surface area contributed by atoms with Gasteiger partial charge in [-0.05, 0) is 23.8 Å². The molecular formula is C19H19F3N2O4S. The number of nitrogens with one attached hydrogen (secondary N) is 1. The Balaban J connectivity index is 2.44. The molecule has 0 atom stereocenters. The molecule has 10 heteroatoms. The smallest absolute Gasteiger partial charge is 0.417 e. The number of benzene rings is 2. The van der Waals surface area contributed by atoms with Crippen LogP contribution >= 0.6 is 0 Å². The maximum absolute atomic E-state index is 13.4. The average Bonchev–Trinajstić information content (AvgIpc) is 2.65. The van der Waals surface area contributed by atoms with E-state index in [0.717, 1.165) is 10.4 Å². The van der Waals surface area contributed by atoms with E-state index in [2.05, 4.69) is 5.32 Å². The maximum atomic E-state index is 13.4. The summed E-state index contributed by atoms with van der Waals surface area (Å²) in [5.41, 5.74) is -1.39. The fourth-order valence-corrected chi connectivity index (χ4v) is 3.33. The number of methoxy groups -OCH3 is 1. The van der Waals surface area contributed by atoms with Crippen LogP contribution in [0.3, 0.4) is 0 Å². The van der Waals surface area contributed by atoms with E-state index in [0.29, 0.717) is 6.08 Å². The summed E-state index contributed by atoms with van der Waals surface area (Å²) in [6.07, 6.45) is -4.35. The topological polar surface area (TPSA) is 75.7 Å². The highest BCUT2D eigenvalue weighted by atomic mass is 32.2. The SMILES string of the molecule is COc1ccc(S(=O)(=O)N(C)C)cc1NC(=O)/C=C(/c1ccccc1)C(F)(F)F. The van der Waals surface area contributed by atoms with Crippen LogP contribution in [-0.4, -0.2) is 46.0 Å².